The number of rotatable bonds is 4. The fourth-order valence-corrected chi connectivity index (χ4v) is 1.91. The van der Waals surface area contributed by atoms with Crippen LogP contribution in [0, 0.1) is 0 Å². The molecular formula is C15H13F3N3O2+. The maximum absolute atomic E-state index is 12.6. The van der Waals surface area contributed by atoms with Crippen molar-refractivity contribution in [1.82, 2.24) is 0 Å². The summed E-state index contributed by atoms with van der Waals surface area (Å²) in [5, 5.41) is 2.38. The molecule has 0 aliphatic rings. The van der Waals surface area contributed by atoms with E-state index in [2.05, 4.69) is 5.32 Å². The van der Waals surface area contributed by atoms with Crippen molar-refractivity contribution in [3.63, 3.8) is 0 Å². The second-order valence-electron chi connectivity index (χ2n) is 4.76. The number of benzene rings is 1. The predicted molar refractivity (Wildman–Crippen MR) is 75.2 cm³/mol. The molecule has 120 valence electrons. The second kappa shape index (κ2) is 6.47. The third-order valence-electron chi connectivity index (χ3n) is 2.94. The molecule has 0 saturated heterocycles. The van der Waals surface area contributed by atoms with Crippen LogP contribution in [0.4, 0.5) is 18.9 Å². The van der Waals surface area contributed by atoms with Crippen LogP contribution >= 0.6 is 0 Å². The lowest BCUT2D eigenvalue weighted by Gasteiger charge is -2.09. The summed E-state index contributed by atoms with van der Waals surface area (Å²) in [4.78, 5) is 23.0. The molecule has 0 aliphatic heterocycles. The van der Waals surface area contributed by atoms with Gasteiger partial charge in [0.2, 0.25) is 6.54 Å². The maximum Gasteiger partial charge on any atom is 0.416 e. The molecule has 5 nitrogen and oxygen atoms in total. The summed E-state index contributed by atoms with van der Waals surface area (Å²) in [6, 6.07) is 7.36. The van der Waals surface area contributed by atoms with Gasteiger partial charge in [0, 0.05) is 11.8 Å². The van der Waals surface area contributed by atoms with Gasteiger partial charge in [-0.3, -0.25) is 9.59 Å². The summed E-state index contributed by atoms with van der Waals surface area (Å²) in [5.41, 5.74) is 4.55. The Morgan fingerprint density at radius 3 is 2.57 bits per heavy atom. The molecule has 8 heteroatoms. The Hall–Kier alpha value is -2.90. The number of hydrogen-bond acceptors (Lipinski definition) is 2. The van der Waals surface area contributed by atoms with E-state index < -0.39 is 23.6 Å². The molecule has 0 radical (unpaired) electrons. The first-order chi connectivity index (χ1) is 10.8. The molecule has 2 rings (SSSR count). The summed E-state index contributed by atoms with van der Waals surface area (Å²) in [6.07, 6.45) is -1.56. The van der Waals surface area contributed by atoms with Gasteiger partial charge in [0.05, 0.1) is 5.56 Å². The topological polar surface area (TPSA) is 76.1 Å². The molecule has 2 amide bonds. The summed E-state index contributed by atoms with van der Waals surface area (Å²) < 4.78 is 39.2. The molecular weight excluding hydrogens is 311 g/mol. The van der Waals surface area contributed by atoms with E-state index in [1.165, 1.54) is 41.2 Å². The highest BCUT2D eigenvalue weighted by atomic mass is 19.4. The van der Waals surface area contributed by atoms with E-state index in [0.29, 0.717) is 0 Å². The van der Waals surface area contributed by atoms with E-state index in [1.807, 2.05) is 0 Å². The van der Waals surface area contributed by atoms with E-state index in [-0.39, 0.29) is 17.8 Å². The second-order valence-corrected chi connectivity index (χ2v) is 4.76. The largest absolute Gasteiger partial charge is 0.416 e. The van der Waals surface area contributed by atoms with Gasteiger partial charge in [0.25, 0.3) is 11.8 Å². The number of amides is 2. The molecule has 1 heterocycles. The van der Waals surface area contributed by atoms with Gasteiger partial charge < -0.3 is 11.1 Å². The average Bonchev–Trinajstić information content (AvgIpc) is 2.46. The molecule has 0 saturated carbocycles. The van der Waals surface area contributed by atoms with E-state index in [9.17, 15) is 22.8 Å². The van der Waals surface area contributed by atoms with Crippen LogP contribution in [0.1, 0.15) is 15.9 Å². The summed E-state index contributed by atoms with van der Waals surface area (Å²) in [7, 11) is 0. The lowest BCUT2D eigenvalue weighted by atomic mass is 10.2. The number of nitrogens with zero attached hydrogens (tertiary/aromatic N) is 1. The number of nitrogens with one attached hydrogen (secondary N) is 1. The third-order valence-corrected chi connectivity index (χ3v) is 2.94. The molecule has 3 N–H and O–H groups in total. The molecule has 0 fully saturated rings. The van der Waals surface area contributed by atoms with Gasteiger partial charge in [-0.15, -0.1) is 0 Å². The minimum absolute atomic E-state index is 0.0384. The highest BCUT2D eigenvalue weighted by molar-refractivity contribution is 5.92. The van der Waals surface area contributed by atoms with Gasteiger partial charge in [0.15, 0.2) is 12.4 Å². The van der Waals surface area contributed by atoms with E-state index in [1.54, 1.807) is 0 Å². The van der Waals surface area contributed by atoms with Gasteiger partial charge in [-0.25, -0.2) is 0 Å². The number of alkyl halides is 3. The third kappa shape index (κ3) is 4.53. The standard InChI is InChI=1S/C15H12F3N3O2/c16-15(17,18)11-4-1-5-12(7-11)20-13(22)9-21-6-2-3-10(8-21)14(19)23/h1-8H,9H2,(H2-,19,20,22,23)/p+1. The molecule has 0 bridgehead atoms. The number of anilines is 1. The fourth-order valence-electron chi connectivity index (χ4n) is 1.91. The highest BCUT2D eigenvalue weighted by Crippen LogP contribution is 2.30. The highest BCUT2D eigenvalue weighted by Gasteiger charge is 2.30. The van der Waals surface area contributed by atoms with Crippen LogP contribution in [0.3, 0.4) is 0 Å². The van der Waals surface area contributed by atoms with Crippen molar-refractivity contribution in [2.45, 2.75) is 12.7 Å². The van der Waals surface area contributed by atoms with Crippen molar-refractivity contribution in [2.75, 3.05) is 5.32 Å². The Kier molecular flexibility index (Phi) is 4.63. The van der Waals surface area contributed by atoms with Crippen LogP contribution in [0.2, 0.25) is 0 Å². The zero-order valence-electron chi connectivity index (χ0n) is 11.8. The average molecular weight is 324 g/mol. The smallest absolute Gasteiger partial charge is 0.365 e. The quantitative estimate of drug-likeness (QED) is 0.841. The van der Waals surface area contributed by atoms with Crippen molar-refractivity contribution in [3.8, 4) is 0 Å². The van der Waals surface area contributed by atoms with Crippen LogP contribution in [0.5, 0.6) is 0 Å². The van der Waals surface area contributed by atoms with Crippen molar-refractivity contribution in [3.05, 3.63) is 59.9 Å². The predicted octanol–water partition coefficient (Wildman–Crippen LogP) is 1.73. The molecule has 2 aromatic rings. The summed E-state index contributed by atoms with van der Waals surface area (Å²) in [6.45, 7) is -0.169. The Balaban J connectivity index is 2.08. The van der Waals surface area contributed by atoms with Crippen LogP contribution < -0.4 is 15.6 Å². The van der Waals surface area contributed by atoms with Gasteiger partial charge in [0.1, 0.15) is 5.56 Å². The molecule has 23 heavy (non-hydrogen) atoms. The summed E-state index contributed by atoms with van der Waals surface area (Å²) >= 11 is 0. The number of pyridine rings is 1. The van der Waals surface area contributed by atoms with Crippen molar-refractivity contribution < 1.29 is 27.3 Å². The van der Waals surface area contributed by atoms with E-state index in [4.69, 9.17) is 5.73 Å². The monoisotopic (exact) mass is 324 g/mol. The molecule has 0 atom stereocenters. The maximum atomic E-state index is 12.6. The fraction of sp³-hybridized carbons (Fsp3) is 0.133. The minimum Gasteiger partial charge on any atom is -0.365 e. The number of carbonyl (C=O) groups excluding carboxylic acids is 2. The van der Waals surface area contributed by atoms with E-state index >= 15 is 0 Å². The number of aromatic nitrogens is 1. The zero-order chi connectivity index (χ0) is 17.0. The van der Waals surface area contributed by atoms with E-state index in [0.717, 1.165) is 12.1 Å². The first-order valence-electron chi connectivity index (χ1n) is 6.52. The lowest BCUT2D eigenvalue weighted by Crippen LogP contribution is -2.40. The van der Waals surface area contributed by atoms with Crippen LogP contribution in [0.25, 0.3) is 0 Å². The molecule has 1 aromatic carbocycles. The molecule has 0 aliphatic carbocycles. The number of nitrogens with two attached hydrogens (primary N) is 1. The van der Waals surface area contributed by atoms with Gasteiger partial charge >= 0.3 is 6.18 Å². The van der Waals surface area contributed by atoms with Crippen molar-refractivity contribution >= 4 is 17.5 Å². The normalized spacial score (nSPS) is 11.1. The SMILES string of the molecule is NC(=O)c1ccc[n+](CC(=O)Nc2cccc(C(F)(F)F)c2)c1. The number of carbonyl (C=O) groups is 2. The first kappa shape index (κ1) is 16.5. The first-order valence-corrected chi connectivity index (χ1v) is 6.52. The lowest BCUT2D eigenvalue weighted by molar-refractivity contribution is -0.684. The van der Waals surface area contributed by atoms with Crippen molar-refractivity contribution in [2.24, 2.45) is 5.73 Å². The Morgan fingerprint density at radius 1 is 1.17 bits per heavy atom. The summed E-state index contributed by atoms with van der Waals surface area (Å²) in [5.74, 6) is -1.17. The molecule has 0 unspecified atom stereocenters. The molecule has 1 aromatic heterocycles. The molecule has 0 spiro atoms. The Labute approximate surface area is 129 Å². The van der Waals surface area contributed by atoms with Crippen LogP contribution in [0.15, 0.2) is 48.8 Å². The van der Waals surface area contributed by atoms with Crippen LogP contribution in [-0.4, -0.2) is 11.8 Å². The zero-order valence-corrected chi connectivity index (χ0v) is 11.8. The van der Waals surface area contributed by atoms with Crippen molar-refractivity contribution in [1.29, 1.82) is 0 Å². The number of hydrogen-bond donors (Lipinski definition) is 2. The number of halogens is 3. The minimum atomic E-state index is -4.48. The van der Waals surface area contributed by atoms with Crippen LogP contribution in [-0.2, 0) is 17.5 Å². The Bertz CT molecular complexity index is 745. The number of primary amides is 1. The van der Waals surface area contributed by atoms with Gasteiger partial charge in [-0.05, 0) is 24.3 Å². The van der Waals surface area contributed by atoms with Gasteiger partial charge in [-0.2, -0.15) is 17.7 Å². The van der Waals surface area contributed by atoms with Gasteiger partial charge in [-0.1, -0.05) is 6.07 Å². The Morgan fingerprint density at radius 2 is 1.91 bits per heavy atom.